The molecule has 5 aromatic rings. The van der Waals surface area contributed by atoms with Crippen LogP contribution in [0.2, 0.25) is 0 Å². The first-order valence-electron chi connectivity index (χ1n) is 11.6. The molecular weight excluding hydrogens is 539 g/mol. The Morgan fingerprint density at radius 1 is 1.05 bits per heavy atom. The first-order chi connectivity index (χ1) is 18.6. The molecule has 0 aliphatic carbocycles. The Kier molecular flexibility index (Phi) is 7.89. The molecule has 194 valence electrons. The van der Waals surface area contributed by atoms with E-state index >= 15 is 0 Å². The summed E-state index contributed by atoms with van der Waals surface area (Å²) in [6.07, 6.45) is 4.23. The van der Waals surface area contributed by atoms with Crippen molar-refractivity contribution in [3.8, 4) is 32.6 Å². The number of methoxy groups -OCH3 is 2. The molecule has 0 spiro atoms. The van der Waals surface area contributed by atoms with Crippen molar-refractivity contribution in [3.63, 3.8) is 0 Å². The van der Waals surface area contributed by atoms with Gasteiger partial charge in [-0.25, -0.2) is 15.0 Å². The van der Waals surface area contributed by atoms with Crippen LogP contribution in [0.4, 0.5) is 5.69 Å². The van der Waals surface area contributed by atoms with Gasteiger partial charge in [0.25, 0.3) is 0 Å². The Morgan fingerprint density at radius 2 is 1.92 bits per heavy atom. The summed E-state index contributed by atoms with van der Waals surface area (Å²) in [7, 11) is 5.08. The molecule has 2 N–H and O–H groups in total. The molecule has 0 aliphatic heterocycles. The van der Waals surface area contributed by atoms with E-state index in [2.05, 4.69) is 44.0 Å². The fourth-order valence-electron chi connectivity index (χ4n) is 4.04. The van der Waals surface area contributed by atoms with Crippen LogP contribution in [0.25, 0.3) is 31.2 Å². The second-order valence-corrected chi connectivity index (χ2v) is 11.3. The summed E-state index contributed by atoms with van der Waals surface area (Å²) in [6.45, 7) is 2.90. The van der Waals surface area contributed by atoms with Gasteiger partial charge in [0, 0.05) is 33.0 Å². The summed E-state index contributed by atoms with van der Waals surface area (Å²) >= 11 is 4.76. The summed E-state index contributed by atoms with van der Waals surface area (Å²) < 4.78 is 15.1. The van der Waals surface area contributed by atoms with Gasteiger partial charge in [-0.3, -0.25) is 4.79 Å². The van der Waals surface area contributed by atoms with Crippen molar-refractivity contribution in [2.24, 2.45) is 0 Å². The monoisotopic (exact) mass is 563 g/mol. The van der Waals surface area contributed by atoms with Crippen molar-refractivity contribution in [1.29, 1.82) is 0 Å². The molecule has 4 aromatic heterocycles. The molecule has 38 heavy (non-hydrogen) atoms. The smallest absolute Gasteiger partial charge is 0.237 e. The maximum atomic E-state index is 11.4. The third-order valence-corrected chi connectivity index (χ3v) is 9.10. The summed E-state index contributed by atoms with van der Waals surface area (Å²) in [4.78, 5) is 29.5. The minimum atomic E-state index is 0.472. The lowest BCUT2D eigenvalue weighted by atomic mass is 10.1. The van der Waals surface area contributed by atoms with Crippen LogP contribution in [0, 0.1) is 6.92 Å². The van der Waals surface area contributed by atoms with Crippen molar-refractivity contribution >= 4 is 56.8 Å². The number of hydrogen-bond donors (Lipinski definition) is 2. The SMILES string of the molecule is CNCc1ccc(-c2ncnc3c(C)c(-c4cnc(OC)c(NSc5ccc(OC)c(C=O)c5)c4)sc23)s1. The Morgan fingerprint density at radius 3 is 2.68 bits per heavy atom. The van der Waals surface area contributed by atoms with Crippen molar-refractivity contribution < 1.29 is 14.3 Å². The molecule has 0 saturated heterocycles. The number of nitrogens with zero attached hydrogens (tertiary/aromatic N) is 3. The Balaban J connectivity index is 1.49. The van der Waals surface area contributed by atoms with E-state index in [-0.39, 0.29) is 0 Å². The lowest BCUT2D eigenvalue weighted by Crippen LogP contribution is -2.02. The van der Waals surface area contributed by atoms with Gasteiger partial charge < -0.3 is 19.5 Å². The molecule has 5 rings (SSSR count). The largest absolute Gasteiger partial charge is 0.496 e. The molecule has 11 heteroatoms. The number of fused-ring (bicyclic) bond motifs is 1. The molecule has 0 fully saturated rings. The fraction of sp³-hybridized carbons (Fsp3) is 0.185. The molecular formula is C27H25N5O3S3. The van der Waals surface area contributed by atoms with Crippen LogP contribution in [0.3, 0.4) is 0 Å². The van der Waals surface area contributed by atoms with E-state index in [1.54, 1.807) is 55.4 Å². The second kappa shape index (κ2) is 11.5. The van der Waals surface area contributed by atoms with Crippen molar-refractivity contribution in [2.45, 2.75) is 18.4 Å². The molecule has 4 heterocycles. The zero-order valence-corrected chi connectivity index (χ0v) is 23.6. The number of hydrogen-bond acceptors (Lipinski definition) is 11. The highest BCUT2D eigenvalue weighted by molar-refractivity contribution is 8.00. The van der Waals surface area contributed by atoms with Crippen LogP contribution in [0.15, 0.2) is 53.8 Å². The van der Waals surface area contributed by atoms with Gasteiger partial charge in [-0.05, 0) is 67.9 Å². The van der Waals surface area contributed by atoms with Gasteiger partial charge >= 0.3 is 0 Å². The standard InChI is InChI=1S/C27H25N5O3S3/c1-15-23-26(24(31-14-30-23)22-8-6-19(36-22)12-28-2)37-25(15)16-10-20(27(35-4)29-11-16)32-38-18-5-7-21(34-3)17(9-18)13-33/h5-11,13-14,28,32H,12H2,1-4H3. The second-order valence-electron chi connectivity index (χ2n) is 8.26. The highest BCUT2D eigenvalue weighted by Gasteiger charge is 2.19. The van der Waals surface area contributed by atoms with Crippen molar-refractivity contribution in [1.82, 2.24) is 20.3 Å². The van der Waals surface area contributed by atoms with Gasteiger partial charge in [-0.1, -0.05) is 0 Å². The number of pyridine rings is 1. The number of ether oxygens (including phenoxy) is 2. The number of aldehydes is 1. The number of benzene rings is 1. The maximum absolute atomic E-state index is 11.4. The predicted molar refractivity (Wildman–Crippen MR) is 156 cm³/mol. The average molecular weight is 564 g/mol. The maximum Gasteiger partial charge on any atom is 0.237 e. The number of aryl methyl sites for hydroxylation is 1. The highest BCUT2D eigenvalue weighted by Crippen LogP contribution is 2.43. The first-order valence-corrected chi connectivity index (χ1v) is 14.1. The van der Waals surface area contributed by atoms with E-state index in [1.165, 1.54) is 16.8 Å². The molecule has 0 aliphatic rings. The summed E-state index contributed by atoms with van der Waals surface area (Å²) in [6, 6.07) is 11.7. The third-order valence-electron chi connectivity index (χ3n) is 5.86. The zero-order valence-electron chi connectivity index (χ0n) is 21.2. The van der Waals surface area contributed by atoms with Crippen LogP contribution in [0.5, 0.6) is 11.6 Å². The Labute approximate surface area is 232 Å². The summed E-state index contributed by atoms with van der Waals surface area (Å²) in [5.41, 5.74) is 5.12. The normalized spacial score (nSPS) is 11.1. The van der Waals surface area contributed by atoms with Gasteiger partial charge in [0.15, 0.2) is 6.29 Å². The van der Waals surface area contributed by atoms with Gasteiger partial charge in [0.2, 0.25) is 5.88 Å². The number of rotatable bonds is 10. The quantitative estimate of drug-likeness (QED) is 0.147. The highest BCUT2D eigenvalue weighted by atomic mass is 32.2. The van der Waals surface area contributed by atoms with E-state index in [0.29, 0.717) is 17.2 Å². The lowest BCUT2D eigenvalue weighted by molar-refractivity contribution is 0.112. The number of aromatic nitrogens is 3. The topological polar surface area (TPSA) is 98.3 Å². The number of nitrogens with one attached hydrogen (secondary N) is 2. The third kappa shape index (κ3) is 5.10. The molecule has 0 amide bonds. The molecule has 0 bridgehead atoms. The van der Waals surface area contributed by atoms with Gasteiger partial charge in [0.05, 0.1) is 34.9 Å². The molecule has 0 unspecified atom stereocenters. The number of anilines is 1. The van der Waals surface area contributed by atoms with Crippen LogP contribution >= 0.6 is 34.6 Å². The molecule has 0 radical (unpaired) electrons. The van der Waals surface area contributed by atoms with Gasteiger partial charge in [0.1, 0.15) is 23.5 Å². The summed E-state index contributed by atoms with van der Waals surface area (Å²) in [5.74, 6) is 1.01. The predicted octanol–water partition coefficient (Wildman–Crippen LogP) is 6.46. The van der Waals surface area contributed by atoms with Gasteiger partial charge in [-0.2, -0.15) is 0 Å². The lowest BCUT2D eigenvalue weighted by Gasteiger charge is -2.12. The Bertz CT molecular complexity index is 1620. The van der Waals surface area contributed by atoms with Crippen LogP contribution < -0.4 is 19.5 Å². The minimum Gasteiger partial charge on any atom is -0.496 e. The number of carbonyl (C=O) groups excluding carboxylic acids is 1. The molecule has 0 saturated carbocycles. The number of carbonyl (C=O) groups is 1. The fourth-order valence-corrected chi connectivity index (χ4v) is 7.07. The molecule has 0 atom stereocenters. The van der Waals surface area contributed by atoms with E-state index in [9.17, 15) is 4.79 Å². The van der Waals surface area contributed by atoms with Crippen LogP contribution in [-0.4, -0.2) is 42.5 Å². The molecule has 1 aromatic carbocycles. The van der Waals surface area contributed by atoms with Crippen LogP contribution in [0.1, 0.15) is 20.8 Å². The Hall–Kier alpha value is -3.51. The summed E-state index contributed by atoms with van der Waals surface area (Å²) in [5, 5.41) is 3.20. The van der Waals surface area contributed by atoms with Crippen molar-refractivity contribution in [2.75, 3.05) is 26.0 Å². The molecule has 8 nitrogen and oxygen atoms in total. The first kappa shape index (κ1) is 26.1. The van der Waals surface area contributed by atoms with E-state index in [0.717, 1.165) is 60.2 Å². The number of thiophene rings is 2. The van der Waals surface area contributed by atoms with Crippen LogP contribution in [-0.2, 0) is 6.54 Å². The van der Waals surface area contributed by atoms with E-state index < -0.39 is 0 Å². The van der Waals surface area contributed by atoms with Gasteiger partial charge in [-0.15, -0.1) is 22.7 Å². The van der Waals surface area contributed by atoms with E-state index in [4.69, 9.17) is 9.47 Å². The minimum absolute atomic E-state index is 0.472. The average Bonchev–Trinajstić information content (AvgIpc) is 3.56. The van der Waals surface area contributed by atoms with Crippen molar-refractivity contribution in [3.05, 3.63) is 64.9 Å². The zero-order chi connectivity index (χ0) is 26.6. The van der Waals surface area contributed by atoms with E-state index in [1.807, 2.05) is 25.4 Å².